The lowest BCUT2D eigenvalue weighted by molar-refractivity contribution is -0.134. The number of carbonyl (C=O) groups excluding carboxylic acids is 1. The molecule has 0 rings (SSSR count). The maximum Gasteiger partial charge on any atom is 0.330 e. The summed E-state index contributed by atoms with van der Waals surface area (Å²) >= 11 is 0. The molecule has 13 heavy (non-hydrogen) atoms. The van der Waals surface area contributed by atoms with Crippen LogP contribution in [0.5, 0.6) is 0 Å². The van der Waals surface area contributed by atoms with Gasteiger partial charge in [-0.05, 0) is 26.3 Å². The average molecular weight is 180 g/mol. The Labute approximate surface area is 79.6 Å². The molecular weight excluding hydrogens is 164 g/mol. The molecule has 0 fully saturated rings. The van der Waals surface area contributed by atoms with Crippen molar-refractivity contribution in [2.75, 3.05) is 7.11 Å². The first-order chi connectivity index (χ1) is 6.06. The number of ether oxygens (including phenoxy) is 1. The largest absolute Gasteiger partial charge is 0.466 e. The molecular formula is C11H16O2. The van der Waals surface area contributed by atoms with E-state index in [2.05, 4.69) is 4.74 Å². The zero-order chi connectivity index (χ0) is 10.3. The smallest absolute Gasteiger partial charge is 0.330 e. The minimum Gasteiger partial charge on any atom is -0.466 e. The Hall–Kier alpha value is -1.31. The molecule has 0 radical (unpaired) electrons. The lowest BCUT2D eigenvalue weighted by Crippen LogP contribution is -1.94. The molecule has 72 valence electrons. The van der Waals surface area contributed by atoms with Crippen LogP contribution in [-0.2, 0) is 9.53 Å². The summed E-state index contributed by atoms with van der Waals surface area (Å²) in [5, 5.41) is 0. The van der Waals surface area contributed by atoms with Gasteiger partial charge < -0.3 is 4.74 Å². The predicted molar refractivity (Wildman–Crippen MR) is 54.3 cm³/mol. The predicted octanol–water partition coefficient (Wildman–Crippen LogP) is 2.63. The first-order valence-corrected chi connectivity index (χ1v) is 4.14. The molecule has 0 aliphatic carbocycles. The quantitative estimate of drug-likeness (QED) is 0.379. The summed E-state index contributed by atoms with van der Waals surface area (Å²) in [7, 11) is 1.37. The van der Waals surface area contributed by atoms with Crippen LogP contribution in [-0.4, -0.2) is 13.1 Å². The van der Waals surface area contributed by atoms with Crippen LogP contribution in [0.2, 0.25) is 0 Å². The van der Waals surface area contributed by atoms with Gasteiger partial charge >= 0.3 is 5.97 Å². The molecule has 0 N–H and O–H groups in total. The van der Waals surface area contributed by atoms with Crippen molar-refractivity contribution >= 4 is 5.97 Å². The first-order valence-electron chi connectivity index (χ1n) is 4.14. The maximum atomic E-state index is 10.8. The van der Waals surface area contributed by atoms with Gasteiger partial charge in [0.1, 0.15) is 0 Å². The molecule has 2 nitrogen and oxygen atoms in total. The van der Waals surface area contributed by atoms with Crippen LogP contribution >= 0.6 is 0 Å². The van der Waals surface area contributed by atoms with Crippen LogP contribution in [0.1, 0.15) is 20.8 Å². The van der Waals surface area contributed by atoms with Crippen molar-refractivity contribution < 1.29 is 9.53 Å². The van der Waals surface area contributed by atoms with E-state index < -0.39 is 0 Å². The molecule has 0 saturated heterocycles. The van der Waals surface area contributed by atoms with Gasteiger partial charge in [-0.15, -0.1) is 0 Å². The Morgan fingerprint density at radius 1 is 1.23 bits per heavy atom. The number of methoxy groups -OCH3 is 1. The molecule has 0 aromatic heterocycles. The zero-order valence-corrected chi connectivity index (χ0v) is 8.63. The van der Waals surface area contributed by atoms with E-state index in [0.29, 0.717) is 0 Å². The molecule has 0 aromatic rings. The Morgan fingerprint density at radius 2 is 1.85 bits per heavy atom. The molecule has 0 bridgehead atoms. The monoisotopic (exact) mass is 180 g/mol. The number of hydrogen-bond donors (Lipinski definition) is 0. The molecule has 0 amide bonds. The second-order valence-electron chi connectivity index (χ2n) is 3.01. The molecule has 0 unspecified atom stereocenters. The summed E-state index contributed by atoms with van der Waals surface area (Å²) in [5.74, 6) is -0.320. The van der Waals surface area contributed by atoms with E-state index in [1.54, 1.807) is 0 Å². The lowest BCUT2D eigenvalue weighted by Gasteiger charge is -1.91. The topological polar surface area (TPSA) is 26.3 Å². The molecule has 2 heteroatoms. The third kappa shape index (κ3) is 7.06. The second-order valence-corrected chi connectivity index (χ2v) is 3.01. The molecule has 0 aromatic carbocycles. The fourth-order valence-corrected chi connectivity index (χ4v) is 0.685. The van der Waals surface area contributed by atoms with E-state index in [1.807, 2.05) is 39.0 Å². The van der Waals surface area contributed by atoms with Crippen molar-refractivity contribution in [3.8, 4) is 0 Å². The van der Waals surface area contributed by atoms with Crippen molar-refractivity contribution in [3.63, 3.8) is 0 Å². The molecule has 0 atom stereocenters. The van der Waals surface area contributed by atoms with Gasteiger partial charge in [-0.1, -0.05) is 23.8 Å². The highest BCUT2D eigenvalue weighted by Gasteiger charge is 1.91. The van der Waals surface area contributed by atoms with Gasteiger partial charge in [0.05, 0.1) is 7.11 Å². The summed E-state index contributed by atoms with van der Waals surface area (Å²) in [6, 6.07) is 0. The van der Waals surface area contributed by atoms with Crippen LogP contribution in [0.25, 0.3) is 0 Å². The number of allylic oxidation sites excluding steroid dienone is 5. The van der Waals surface area contributed by atoms with Crippen LogP contribution in [0.15, 0.2) is 35.5 Å². The van der Waals surface area contributed by atoms with Gasteiger partial charge in [-0.3, -0.25) is 0 Å². The fraction of sp³-hybridized carbons (Fsp3) is 0.364. The van der Waals surface area contributed by atoms with Gasteiger partial charge in [0, 0.05) is 6.08 Å². The van der Waals surface area contributed by atoms with Crippen molar-refractivity contribution in [1.82, 2.24) is 0 Å². The van der Waals surface area contributed by atoms with Gasteiger partial charge in [-0.25, -0.2) is 4.79 Å². The molecule has 0 spiro atoms. The van der Waals surface area contributed by atoms with Crippen LogP contribution in [0.4, 0.5) is 0 Å². The molecule has 0 aliphatic rings. The van der Waals surface area contributed by atoms with Crippen LogP contribution in [0, 0.1) is 0 Å². The fourth-order valence-electron chi connectivity index (χ4n) is 0.685. The van der Waals surface area contributed by atoms with E-state index in [1.165, 1.54) is 18.8 Å². The van der Waals surface area contributed by atoms with E-state index in [0.717, 1.165) is 5.57 Å². The number of carbonyl (C=O) groups is 1. The summed E-state index contributed by atoms with van der Waals surface area (Å²) in [5.41, 5.74) is 2.10. The third-order valence-electron chi connectivity index (χ3n) is 1.34. The molecule has 0 aliphatic heterocycles. The van der Waals surface area contributed by atoms with E-state index in [9.17, 15) is 4.79 Å². The van der Waals surface area contributed by atoms with Crippen molar-refractivity contribution in [3.05, 3.63) is 35.5 Å². The number of hydrogen-bond acceptors (Lipinski definition) is 2. The maximum absolute atomic E-state index is 10.8. The highest BCUT2D eigenvalue weighted by Crippen LogP contribution is 1.97. The van der Waals surface area contributed by atoms with Crippen LogP contribution < -0.4 is 0 Å². The third-order valence-corrected chi connectivity index (χ3v) is 1.34. The van der Waals surface area contributed by atoms with Crippen molar-refractivity contribution in [1.29, 1.82) is 0 Å². The van der Waals surface area contributed by atoms with E-state index in [4.69, 9.17) is 0 Å². The van der Waals surface area contributed by atoms with Gasteiger partial charge in [0.2, 0.25) is 0 Å². The normalized spacial score (nSPS) is 11.5. The van der Waals surface area contributed by atoms with Crippen LogP contribution in [0.3, 0.4) is 0 Å². The summed E-state index contributed by atoms with van der Waals surface area (Å²) in [4.78, 5) is 10.8. The summed E-state index contributed by atoms with van der Waals surface area (Å²) < 4.78 is 4.48. The SMILES string of the molecule is COC(=O)/C=C(C)\C=C\C=C(C)C. The summed E-state index contributed by atoms with van der Waals surface area (Å²) in [6.07, 6.45) is 7.21. The number of esters is 1. The highest BCUT2D eigenvalue weighted by atomic mass is 16.5. The Balaban J connectivity index is 4.21. The van der Waals surface area contributed by atoms with E-state index >= 15 is 0 Å². The summed E-state index contributed by atoms with van der Waals surface area (Å²) in [6.45, 7) is 5.89. The van der Waals surface area contributed by atoms with Crippen molar-refractivity contribution in [2.45, 2.75) is 20.8 Å². The standard InChI is InChI=1S/C11H16O2/c1-9(2)6-5-7-10(3)8-11(12)13-4/h5-8H,1-4H3/b7-5+,10-8-. The minimum atomic E-state index is -0.320. The Morgan fingerprint density at radius 3 is 2.31 bits per heavy atom. The lowest BCUT2D eigenvalue weighted by atomic mass is 10.2. The highest BCUT2D eigenvalue weighted by molar-refractivity contribution is 5.83. The van der Waals surface area contributed by atoms with E-state index in [-0.39, 0.29) is 5.97 Å². The zero-order valence-electron chi connectivity index (χ0n) is 8.63. The Bertz CT molecular complexity index is 253. The molecule has 0 heterocycles. The van der Waals surface area contributed by atoms with Crippen molar-refractivity contribution in [2.24, 2.45) is 0 Å². The minimum absolute atomic E-state index is 0.320. The Kier molecular flexibility index (Phi) is 5.60. The average Bonchev–Trinajstić information content (AvgIpc) is 2.03. The first kappa shape index (κ1) is 11.7. The second kappa shape index (κ2) is 6.23. The van der Waals surface area contributed by atoms with Gasteiger partial charge in [0.15, 0.2) is 0 Å². The number of rotatable bonds is 3. The molecule has 0 saturated carbocycles. The van der Waals surface area contributed by atoms with Gasteiger partial charge in [-0.2, -0.15) is 0 Å². The van der Waals surface area contributed by atoms with Gasteiger partial charge in [0.25, 0.3) is 0 Å².